The van der Waals surface area contributed by atoms with Gasteiger partial charge in [0.15, 0.2) is 0 Å². The first kappa shape index (κ1) is 16.9. The summed E-state index contributed by atoms with van der Waals surface area (Å²) in [6.07, 6.45) is 1.60. The zero-order chi connectivity index (χ0) is 18.0. The lowest BCUT2D eigenvalue weighted by Gasteiger charge is -2.12. The highest BCUT2D eigenvalue weighted by Gasteiger charge is 2.36. The van der Waals surface area contributed by atoms with Crippen molar-refractivity contribution in [1.29, 1.82) is 0 Å². The van der Waals surface area contributed by atoms with Gasteiger partial charge >= 0.3 is 0 Å². The number of aromatic hydroxyl groups is 1. The summed E-state index contributed by atoms with van der Waals surface area (Å²) in [5.74, 6) is 0.696. The number of nitrogens with zero attached hydrogens (tertiary/aromatic N) is 1. The predicted molar refractivity (Wildman–Crippen MR) is 96.1 cm³/mol. The van der Waals surface area contributed by atoms with Crippen LogP contribution in [0.3, 0.4) is 0 Å². The molecule has 2 aromatic rings. The third-order valence-electron chi connectivity index (χ3n) is 3.61. The lowest BCUT2D eigenvalue weighted by atomic mass is 10.1. The van der Waals surface area contributed by atoms with Crippen molar-refractivity contribution in [3.8, 4) is 17.2 Å². The first-order valence-electron chi connectivity index (χ1n) is 7.32. The number of benzene rings is 2. The van der Waals surface area contributed by atoms with Crippen LogP contribution in [-0.4, -0.2) is 30.5 Å². The minimum absolute atomic E-state index is 0.0163. The fraction of sp³-hybridized carbons (Fsp3) is 0.111. The molecule has 0 saturated carbocycles. The third kappa shape index (κ3) is 3.32. The van der Waals surface area contributed by atoms with Crippen molar-refractivity contribution in [3.05, 3.63) is 52.9 Å². The molecule has 6 nitrogen and oxygen atoms in total. The SMILES string of the molecule is COc1ccc(/C=C2\SC(=O)N(c3cccc(O)c3)C2=O)c(OC)c1. The predicted octanol–water partition coefficient (Wildman–Crippen LogP) is 3.65. The van der Waals surface area contributed by atoms with Crippen molar-refractivity contribution >= 4 is 34.7 Å². The van der Waals surface area contributed by atoms with Crippen LogP contribution < -0.4 is 14.4 Å². The second kappa shape index (κ2) is 6.90. The Labute approximate surface area is 148 Å². The molecule has 2 amide bonds. The molecule has 0 unspecified atom stereocenters. The highest BCUT2D eigenvalue weighted by molar-refractivity contribution is 8.19. The van der Waals surface area contributed by atoms with E-state index >= 15 is 0 Å². The van der Waals surface area contributed by atoms with Gasteiger partial charge in [0.05, 0.1) is 24.8 Å². The smallest absolute Gasteiger partial charge is 0.298 e. The number of amides is 2. The Bertz CT molecular complexity index is 878. The molecule has 25 heavy (non-hydrogen) atoms. The number of imide groups is 1. The molecule has 0 bridgehead atoms. The molecule has 1 heterocycles. The van der Waals surface area contributed by atoms with Crippen molar-refractivity contribution in [1.82, 2.24) is 0 Å². The van der Waals surface area contributed by atoms with E-state index in [0.717, 1.165) is 16.7 Å². The van der Waals surface area contributed by atoms with Gasteiger partial charge in [-0.25, -0.2) is 4.90 Å². The average molecular weight is 357 g/mol. The molecule has 0 aliphatic carbocycles. The van der Waals surface area contributed by atoms with Crippen LogP contribution in [0, 0.1) is 0 Å². The molecule has 0 radical (unpaired) electrons. The molecule has 0 aromatic heterocycles. The molecule has 7 heteroatoms. The zero-order valence-electron chi connectivity index (χ0n) is 13.6. The minimum Gasteiger partial charge on any atom is -0.508 e. The van der Waals surface area contributed by atoms with Gasteiger partial charge in [0, 0.05) is 17.7 Å². The summed E-state index contributed by atoms with van der Waals surface area (Å²) in [6.45, 7) is 0. The number of hydrogen-bond acceptors (Lipinski definition) is 6. The third-order valence-corrected chi connectivity index (χ3v) is 4.48. The largest absolute Gasteiger partial charge is 0.508 e. The average Bonchev–Trinajstić information content (AvgIpc) is 2.88. The number of rotatable bonds is 4. The zero-order valence-corrected chi connectivity index (χ0v) is 14.4. The summed E-state index contributed by atoms with van der Waals surface area (Å²) in [6, 6.07) is 11.2. The van der Waals surface area contributed by atoms with Crippen molar-refractivity contribution in [2.75, 3.05) is 19.1 Å². The second-order valence-electron chi connectivity index (χ2n) is 5.14. The number of thioether (sulfide) groups is 1. The number of ether oxygens (including phenoxy) is 2. The van der Waals surface area contributed by atoms with Gasteiger partial charge in [-0.2, -0.15) is 0 Å². The number of carbonyl (C=O) groups excluding carboxylic acids is 2. The Balaban J connectivity index is 1.96. The first-order valence-corrected chi connectivity index (χ1v) is 8.14. The topological polar surface area (TPSA) is 76.1 Å². The number of anilines is 1. The van der Waals surface area contributed by atoms with Crippen LogP contribution in [0.1, 0.15) is 5.56 Å². The fourth-order valence-electron chi connectivity index (χ4n) is 2.40. The Morgan fingerprint density at radius 3 is 2.56 bits per heavy atom. The lowest BCUT2D eigenvalue weighted by Crippen LogP contribution is -2.27. The van der Waals surface area contributed by atoms with E-state index in [1.165, 1.54) is 19.2 Å². The van der Waals surface area contributed by atoms with Gasteiger partial charge in [0.1, 0.15) is 17.2 Å². The lowest BCUT2D eigenvalue weighted by molar-refractivity contribution is -0.113. The van der Waals surface area contributed by atoms with Gasteiger partial charge in [0.25, 0.3) is 11.1 Å². The Morgan fingerprint density at radius 2 is 1.88 bits per heavy atom. The van der Waals surface area contributed by atoms with Crippen LogP contribution in [0.4, 0.5) is 10.5 Å². The first-order chi connectivity index (χ1) is 12.0. The van der Waals surface area contributed by atoms with E-state index < -0.39 is 11.1 Å². The maximum Gasteiger partial charge on any atom is 0.298 e. The number of phenolic OH excluding ortho intramolecular Hbond substituents is 1. The number of hydrogen-bond donors (Lipinski definition) is 1. The van der Waals surface area contributed by atoms with E-state index in [9.17, 15) is 14.7 Å². The molecule has 1 aliphatic rings. The fourth-order valence-corrected chi connectivity index (χ4v) is 3.23. The van der Waals surface area contributed by atoms with Crippen molar-refractivity contribution < 1.29 is 24.2 Å². The molecule has 1 aliphatic heterocycles. The van der Waals surface area contributed by atoms with Gasteiger partial charge < -0.3 is 14.6 Å². The molecule has 2 aromatic carbocycles. The number of methoxy groups -OCH3 is 2. The highest BCUT2D eigenvalue weighted by Crippen LogP contribution is 2.38. The molecule has 0 spiro atoms. The van der Waals surface area contributed by atoms with Crippen LogP contribution in [-0.2, 0) is 4.79 Å². The van der Waals surface area contributed by atoms with Crippen LogP contribution >= 0.6 is 11.8 Å². The van der Waals surface area contributed by atoms with E-state index in [-0.39, 0.29) is 10.7 Å². The Morgan fingerprint density at radius 1 is 1.08 bits per heavy atom. The summed E-state index contributed by atoms with van der Waals surface area (Å²) in [5.41, 5.74) is 0.984. The van der Waals surface area contributed by atoms with Crippen molar-refractivity contribution in [2.24, 2.45) is 0 Å². The van der Waals surface area contributed by atoms with Gasteiger partial charge in [-0.15, -0.1) is 0 Å². The normalized spacial score (nSPS) is 15.8. The molecular formula is C18H15NO5S. The Hall–Kier alpha value is -2.93. The van der Waals surface area contributed by atoms with E-state index in [0.29, 0.717) is 22.7 Å². The monoisotopic (exact) mass is 357 g/mol. The highest BCUT2D eigenvalue weighted by atomic mass is 32.2. The van der Waals surface area contributed by atoms with Gasteiger partial charge in [-0.05, 0) is 42.1 Å². The van der Waals surface area contributed by atoms with Gasteiger partial charge in [-0.1, -0.05) is 6.07 Å². The Kier molecular flexibility index (Phi) is 4.67. The van der Waals surface area contributed by atoms with E-state index in [1.807, 2.05) is 0 Å². The molecule has 1 fully saturated rings. The van der Waals surface area contributed by atoms with Crippen LogP contribution in [0.5, 0.6) is 17.2 Å². The van der Waals surface area contributed by atoms with Crippen LogP contribution in [0.15, 0.2) is 47.4 Å². The molecule has 0 atom stereocenters. The van der Waals surface area contributed by atoms with E-state index in [1.54, 1.807) is 43.5 Å². The summed E-state index contributed by atoms with van der Waals surface area (Å²) >= 11 is 0.837. The van der Waals surface area contributed by atoms with Crippen LogP contribution in [0.25, 0.3) is 6.08 Å². The quantitative estimate of drug-likeness (QED) is 0.842. The van der Waals surface area contributed by atoms with E-state index in [4.69, 9.17) is 9.47 Å². The number of phenols is 1. The van der Waals surface area contributed by atoms with Crippen LogP contribution in [0.2, 0.25) is 0 Å². The van der Waals surface area contributed by atoms with Crippen molar-refractivity contribution in [2.45, 2.75) is 0 Å². The minimum atomic E-state index is -0.446. The molecular weight excluding hydrogens is 342 g/mol. The molecule has 3 rings (SSSR count). The maximum atomic E-state index is 12.6. The number of carbonyl (C=O) groups is 2. The maximum absolute atomic E-state index is 12.6. The van der Waals surface area contributed by atoms with Crippen molar-refractivity contribution in [3.63, 3.8) is 0 Å². The molecule has 128 valence electrons. The second-order valence-corrected chi connectivity index (χ2v) is 6.14. The van der Waals surface area contributed by atoms with Gasteiger partial charge in [-0.3, -0.25) is 9.59 Å². The summed E-state index contributed by atoms with van der Waals surface area (Å²) in [5, 5.41) is 9.14. The summed E-state index contributed by atoms with van der Waals surface area (Å²) in [7, 11) is 3.07. The molecule has 1 saturated heterocycles. The van der Waals surface area contributed by atoms with E-state index in [2.05, 4.69) is 0 Å². The standard InChI is InChI=1S/C18H15NO5S/c1-23-14-7-6-11(15(10-14)24-2)8-16-17(21)19(18(22)25-16)12-4-3-5-13(20)9-12/h3-10,20H,1-2H3/b16-8-. The summed E-state index contributed by atoms with van der Waals surface area (Å²) < 4.78 is 10.5. The molecule has 1 N–H and O–H groups in total. The summed E-state index contributed by atoms with van der Waals surface area (Å²) in [4.78, 5) is 26.2. The van der Waals surface area contributed by atoms with Gasteiger partial charge in [0.2, 0.25) is 0 Å².